The number of para-hydroxylation sites is 1. The maximum absolute atomic E-state index is 12.3. The smallest absolute Gasteiger partial charge is 0.249 e. The second-order valence-electron chi connectivity index (χ2n) is 5.55. The van der Waals surface area contributed by atoms with Crippen LogP contribution in [0.5, 0.6) is 0 Å². The molecule has 0 aliphatic rings. The van der Waals surface area contributed by atoms with E-state index in [4.69, 9.17) is 0 Å². The molecule has 0 spiro atoms. The third-order valence-electron chi connectivity index (χ3n) is 3.07. The van der Waals surface area contributed by atoms with Gasteiger partial charge in [-0.1, -0.05) is 18.2 Å². The molecule has 2 rings (SSSR count). The lowest BCUT2D eigenvalue weighted by Crippen LogP contribution is -2.51. The fraction of sp³-hybridized carbons (Fsp3) is 0.235. The maximum atomic E-state index is 12.3. The van der Waals surface area contributed by atoms with Crippen molar-refractivity contribution < 1.29 is 9.59 Å². The second-order valence-corrected chi connectivity index (χ2v) is 6.82. The minimum Gasteiger partial charge on any atom is -0.339 e. The van der Waals surface area contributed by atoms with E-state index in [0.717, 1.165) is 9.88 Å². The molecule has 1 aromatic heterocycles. The van der Waals surface area contributed by atoms with Crippen LogP contribution in [-0.4, -0.2) is 22.3 Å². The van der Waals surface area contributed by atoms with E-state index in [1.165, 1.54) is 17.4 Å². The summed E-state index contributed by atoms with van der Waals surface area (Å²) in [4.78, 5) is 29.3. The molecule has 0 unspecified atom stereocenters. The molecule has 2 aromatic rings. The van der Waals surface area contributed by atoms with Crippen LogP contribution >= 0.6 is 11.3 Å². The van der Waals surface area contributed by atoms with Gasteiger partial charge < -0.3 is 10.6 Å². The van der Waals surface area contributed by atoms with Crippen LogP contribution in [0.2, 0.25) is 0 Å². The van der Waals surface area contributed by atoms with Gasteiger partial charge in [-0.05, 0) is 39.0 Å². The van der Waals surface area contributed by atoms with Crippen molar-refractivity contribution in [2.45, 2.75) is 26.3 Å². The van der Waals surface area contributed by atoms with E-state index in [-0.39, 0.29) is 11.8 Å². The van der Waals surface area contributed by atoms with Crippen LogP contribution < -0.4 is 10.6 Å². The Bertz CT molecular complexity index is 720. The summed E-state index contributed by atoms with van der Waals surface area (Å²) in [6, 6.07) is 9.13. The van der Waals surface area contributed by atoms with Crippen molar-refractivity contribution in [2.75, 3.05) is 5.32 Å². The Hall–Kier alpha value is -2.47. The van der Waals surface area contributed by atoms with Gasteiger partial charge in [-0.15, -0.1) is 11.3 Å². The molecular weight excluding hydrogens is 310 g/mol. The lowest BCUT2D eigenvalue weighted by Gasteiger charge is -2.24. The highest BCUT2D eigenvalue weighted by atomic mass is 32.1. The van der Waals surface area contributed by atoms with Crippen LogP contribution in [0, 0.1) is 6.92 Å². The fourth-order valence-corrected chi connectivity index (χ4v) is 2.52. The van der Waals surface area contributed by atoms with E-state index in [1.807, 2.05) is 25.1 Å². The van der Waals surface area contributed by atoms with Gasteiger partial charge in [0.05, 0.1) is 5.01 Å². The van der Waals surface area contributed by atoms with Crippen LogP contribution in [0.3, 0.4) is 0 Å². The van der Waals surface area contributed by atoms with Crippen LogP contribution in [0.4, 0.5) is 5.69 Å². The lowest BCUT2D eigenvalue weighted by atomic mass is 10.0. The molecule has 1 aromatic carbocycles. The first-order chi connectivity index (χ1) is 10.9. The number of nitrogens with one attached hydrogen (secondary N) is 2. The number of hydrogen-bond acceptors (Lipinski definition) is 4. The number of hydrogen-bond donors (Lipinski definition) is 2. The molecule has 1 heterocycles. The number of thiazole rings is 1. The van der Waals surface area contributed by atoms with Crippen molar-refractivity contribution in [1.82, 2.24) is 10.3 Å². The van der Waals surface area contributed by atoms with Crippen molar-refractivity contribution in [1.29, 1.82) is 0 Å². The molecule has 2 N–H and O–H groups in total. The zero-order valence-corrected chi connectivity index (χ0v) is 14.1. The summed E-state index contributed by atoms with van der Waals surface area (Å²) in [5, 5.41) is 6.42. The van der Waals surface area contributed by atoms with Gasteiger partial charge in [-0.2, -0.15) is 0 Å². The molecule has 0 aliphatic carbocycles. The molecule has 0 radical (unpaired) electrons. The summed E-state index contributed by atoms with van der Waals surface area (Å²) in [6.45, 7) is 5.22. The third kappa shape index (κ3) is 5.03. The fourth-order valence-electron chi connectivity index (χ4n) is 1.83. The highest BCUT2D eigenvalue weighted by Crippen LogP contribution is 2.13. The normalized spacial score (nSPS) is 11.4. The van der Waals surface area contributed by atoms with Gasteiger partial charge in [0.2, 0.25) is 11.8 Å². The number of rotatable bonds is 5. The van der Waals surface area contributed by atoms with Gasteiger partial charge in [0.25, 0.3) is 0 Å². The minimum atomic E-state index is -1.03. The summed E-state index contributed by atoms with van der Waals surface area (Å²) in [5.74, 6) is -0.608. The van der Waals surface area contributed by atoms with E-state index in [1.54, 1.807) is 38.3 Å². The second kappa shape index (κ2) is 7.19. The summed E-state index contributed by atoms with van der Waals surface area (Å²) >= 11 is 1.50. The van der Waals surface area contributed by atoms with Crippen molar-refractivity contribution in [2.24, 2.45) is 0 Å². The average Bonchev–Trinajstić information content (AvgIpc) is 2.91. The van der Waals surface area contributed by atoms with Gasteiger partial charge in [-0.25, -0.2) is 4.98 Å². The zero-order chi connectivity index (χ0) is 16.9. The number of aryl methyl sites for hydroxylation is 1. The van der Waals surface area contributed by atoms with Crippen LogP contribution in [0.15, 0.2) is 42.6 Å². The molecule has 6 heteroatoms. The number of carbonyl (C=O) groups excluding carboxylic acids is 2. The topological polar surface area (TPSA) is 71.1 Å². The number of carbonyl (C=O) groups is 2. The number of nitrogens with zero attached hydrogens (tertiary/aromatic N) is 1. The number of anilines is 1. The molecule has 0 fully saturated rings. The predicted octanol–water partition coefficient (Wildman–Crippen LogP) is 3.00. The van der Waals surface area contributed by atoms with E-state index in [9.17, 15) is 9.59 Å². The van der Waals surface area contributed by atoms with Crippen molar-refractivity contribution in [3.8, 4) is 0 Å². The van der Waals surface area contributed by atoms with Crippen LogP contribution in [0.1, 0.15) is 23.7 Å². The monoisotopic (exact) mass is 329 g/mol. The molecule has 0 aliphatic heterocycles. The summed E-state index contributed by atoms with van der Waals surface area (Å²) < 4.78 is 0. The van der Waals surface area contributed by atoms with Gasteiger partial charge in [0, 0.05) is 22.8 Å². The minimum absolute atomic E-state index is 0.279. The molecule has 0 saturated heterocycles. The molecule has 0 saturated carbocycles. The highest BCUT2D eigenvalue weighted by Gasteiger charge is 2.28. The summed E-state index contributed by atoms with van der Waals surface area (Å²) in [5.41, 5.74) is -0.337. The van der Waals surface area contributed by atoms with Crippen molar-refractivity contribution >= 4 is 34.9 Å². The Balaban J connectivity index is 1.95. The van der Waals surface area contributed by atoms with E-state index in [2.05, 4.69) is 15.6 Å². The standard InChI is InChI=1S/C17H19N3O2S/c1-12-18-11-14(23-12)9-10-15(21)20-17(2,3)16(22)19-13-7-5-4-6-8-13/h4-11H,1-3H3,(H,19,22)(H,20,21). The molecular formula is C17H19N3O2S. The first-order valence-corrected chi connectivity index (χ1v) is 7.97. The maximum Gasteiger partial charge on any atom is 0.249 e. The number of benzene rings is 1. The van der Waals surface area contributed by atoms with E-state index >= 15 is 0 Å². The molecule has 0 bridgehead atoms. The SMILES string of the molecule is Cc1ncc(C=CC(=O)NC(C)(C)C(=O)Nc2ccccc2)s1. The molecule has 120 valence electrons. The van der Waals surface area contributed by atoms with E-state index < -0.39 is 5.54 Å². The lowest BCUT2D eigenvalue weighted by molar-refractivity contribution is -0.126. The first-order valence-electron chi connectivity index (χ1n) is 7.16. The average molecular weight is 329 g/mol. The summed E-state index contributed by atoms with van der Waals surface area (Å²) in [7, 11) is 0. The Labute approximate surface area is 139 Å². The van der Waals surface area contributed by atoms with Gasteiger partial charge in [0.1, 0.15) is 5.54 Å². The quantitative estimate of drug-likeness (QED) is 0.828. The Kier molecular flexibility index (Phi) is 5.28. The highest BCUT2D eigenvalue weighted by molar-refractivity contribution is 7.12. The number of aromatic nitrogens is 1. The zero-order valence-electron chi connectivity index (χ0n) is 13.3. The van der Waals surface area contributed by atoms with E-state index in [0.29, 0.717) is 5.69 Å². The van der Waals surface area contributed by atoms with Crippen molar-refractivity contribution in [3.63, 3.8) is 0 Å². The molecule has 23 heavy (non-hydrogen) atoms. The third-order valence-corrected chi connectivity index (χ3v) is 3.95. The Morgan fingerprint density at radius 1 is 1.22 bits per heavy atom. The largest absolute Gasteiger partial charge is 0.339 e. The summed E-state index contributed by atoms with van der Waals surface area (Å²) in [6.07, 6.45) is 4.80. The van der Waals surface area contributed by atoms with Gasteiger partial charge in [0.15, 0.2) is 0 Å². The molecule has 2 amide bonds. The van der Waals surface area contributed by atoms with Crippen LogP contribution in [0.25, 0.3) is 6.08 Å². The Morgan fingerprint density at radius 3 is 2.52 bits per heavy atom. The molecule has 5 nitrogen and oxygen atoms in total. The van der Waals surface area contributed by atoms with Gasteiger partial charge >= 0.3 is 0 Å². The number of amides is 2. The first kappa shape index (κ1) is 16.9. The Morgan fingerprint density at radius 2 is 1.91 bits per heavy atom. The van der Waals surface area contributed by atoms with Crippen LogP contribution in [-0.2, 0) is 9.59 Å². The van der Waals surface area contributed by atoms with Gasteiger partial charge in [-0.3, -0.25) is 9.59 Å². The molecule has 0 atom stereocenters. The van der Waals surface area contributed by atoms with Crippen molar-refractivity contribution in [3.05, 3.63) is 52.5 Å². The predicted molar refractivity (Wildman–Crippen MR) is 93.2 cm³/mol.